The summed E-state index contributed by atoms with van der Waals surface area (Å²) in [5.41, 5.74) is 2.36. The van der Waals surface area contributed by atoms with Gasteiger partial charge in [-0.2, -0.15) is 9.73 Å². The van der Waals surface area contributed by atoms with Crippen molar-refractivity contribution in [3.05, 3.63) is 54.0 Å². The molecule has 0 atom stereocenters. The zero-order valence-electron chi connectivity index (χ0n) is 10.2. The number of rotatable bonds is 2. The summed E-state index contributed by atoms with van der Waals surface area (Å²) in [4.78, 5) is 11.8. The highest BCUT2D eigenvalue weighted by atomic mass is 19.1. The van der Waals surface area contributed by atoms with Gasteiger partial charge in [0, 0.05) is 11.8 Å². The van der Waals surface area contributed by atoms with E-state index in [1.165, 1.54) is 23.7 Å². The van der Waals surface area contributed by atoms with Gasteiger partial charge >= 0.3 is 0 Å². The zero-order chi connectivity index (χ0) is 13.4. The standard InChI is InChI=1S/C14H10FN3O/c1-9(19)13-12-3-2-8-16-18(12)17-14(13)10-4-6-11(15)7-5-10/h2-8H,1H3. The molecular weight excluding hydrogens is 245 g/mol. The summed E-state index contributed by atoms with van der Waals surface area (Å²) in [6, 6.07) is 9.42. The molecule has 19 heavy (non-hydrogen) atoms. The smallest absolute Gasteiger partial charge is 0.164 e. The van der Waals surface area contributed by atoms with Gasteiger partial charge in [0.1, 0.15) is 11.5 Å². The molecule has 3 aromatic rings. The summed E-state index contributed by atoms with van der Waals surface area (Å²) in [5, 5.41) is 8.36. The van der Waals surface area contributed by atoms with Gasteiger partial charge in [0.25, 0.3) is 0 Å². The van der Waals surface area contributed by atoms with Crippen molar-refractivity contribution in [3.8, 4) is 11.3 Å². The molecule has 3 rings (SSSR count). The first kappa shape index (κ1) is 11.5. The van der Waals surface area contributed by atoms with Crippen LogP contribution in [-0.2, 0) is 0 Å². The molecule has 0 aliphatic rings. The summed E-state index contributed by atoms with van der Waals surface area (Å²) >= 11 is 0. The van der Waals surface area contributed by atoms with Crippen LogP contribution in [0.3, 0.4) is 0 Å². The van der Waals surface area contributed by atoms with Gasteiger partial charge in [-0.05, 0) is 43.3 Å². The van der Waals surface area contributed by atoms with Gasteiger partial charge in [-0.1, -0.05) is 0 Å². The number of hydrogen-bond donors (Lipinski definition) is 0. The Morgan fingerprint density at radius 3 is 2.63 bits per heavy atom. The molecule has 0 aliphatic carbocycles. The summed E-state index contributed by atoms with van der Waals surface area (Å²) in [5.74, 6) is -0.419. The number of fused-ring (bicyclic) bond motifs is 1. The Bertz CT molecular complexity index is 762. The minimum Gasteiger partial charge on any atom is -0.294 e. The SMILES string of the molecule is CC(=O)c1c(-c2ccc(F)cc2)nn2ncccc12. The highest BCUT2D eigenvalue weighted by molar-refractivity contribution is 6.06. The fraction of sp³-hybridized carbons (Fsp3) is 0.0714. The zero-order valence-corrected chi connectivity index (χ0v) is 10.2. The second-order valence-corrected chi connectivity index (χ2v) is 4.19. The number of carbonyl (C=O) groups excluding carboxylic acids is 1. The van der Waals surface area contributed by atoms with Crippen molar-refractivity contribution in [1.29, 1.82) is 0 Å². The number of halogens is 1. The third kappa shape index (κ3) is 1.89. The molecule has 2 heterocycles. The molecule has 0 N–H and O–H groups in total. The van der Waals surface area contributed by atoms with Crippen LogP contribution in [0.4, 0.5) is 4.39 Å². The fourth-order valence-electron chi connectivity index (χ4n) is 2.05. The van der Waals surface area contributed by atoms with Gasteiger partial charge < -0.3 is 0 Å². The molecule has 0 saturated heterocycles. The van der Waals surface area contributed by atoms with Crippen LogP contribution in [0.5, 0.6) is 0 Å². The van der Waals surface area contributed by atoms with Crippen molar-refractivity contribution in [1.82, 2.24) is 14.8 Å². The normalized spacial score (nSPS) is 10.8. The molecule has 0 fully saturated rings. The number of benzene rings is 1. The lowest BCUT2D eigenvalue weighted by molar-refractivity contribution is 0.102. The van der Waals surface area contributed by atoms with Crippen LogP contribution in [-0.4, -0.2) is 20.6 Å². The van der Waals surface area contributed by atoms with Crippen molar-refractivity contribution in [2.45, 2.75) is 6.92 Å². The maximum atomic E-state index is 13.0. The molecule has 1 aromatic carbocycles. The van der Waals surface area contributed by atoms with E-state index in [4.69, 9.17) is 0 Å². The maximum Gasteiger partial charge on any atom is 0.164 e. The minimum atomic E-state index is -0.324. The molecule has 0 amide bonds. The Morgan fingerprint density at radius 1 is 1.21 bits per heavy atom. The molecule has 5 heteroatoms. The van der Waals surface area contributed by atoms with Crippen molar-refractivity contribution < 1.29 is 9.18 Å². The first-order valence-electron chi connectivity index (χ1n) is 5.78. The van der Waals surface area contributed by atoms with E-state index >= 15 is 0 Å². The van der Waals surface area contributed by atoms with E-state index in [1.54, 1.807) is 30.5 Å². The highest BCUT2D eigenvalue weighted by Crippen LogP contribution is 2.26. The second-order valence-electron chi connectivity index (χ2n) is 4.19. The Kier molecular flexibility index (Phi) is 2.59. The van der Waals surface area contributed by atoms with Crippen LogP contribution in [0.1, 0.15) is 17.3 Å². The Labute approximate surface area is 108 Å². The molecule has 0 unspecified atom stereocenters. The average molecular weight is 255 g/mol. The van der Waals surface area contributed by atoms with E-state index in [0.717, 1.165) is 0 Å². The van der Waals surface area contributed by atoms with E-state index in [-0.39, 0.29) is 11.6 Å². The lowest BCUT2D eigenvalue weighted by Crippen LogP contribution is -1.94. The maximum absolute atomic E-state index is 13.0. The number of nitrogens with zero attached hydrogens (tertiary/aromatic N) is 3. The van der Waals surface area contributed by atoms with Crippen molar-refractivity contribution in [2.75, 3.05) is 0 Å². The molecule has 2 aromatic heterocycles. The lowest BCUT2D eigenvalue weighted by atomic mass is 10.0. The Hall–Kier alpha value is -2.56. The topological polar surface area (TPSA) is 47.3 Å². The summed E-state index contributed by atoms with van der Waals surface area (Å²) in [6.45, 7) is 1.48. The quantitative estimate of drug-likeness (QED) is 0.661. The molecule has 0 aliphatic heterocycles. The molecule has 94 valence electrons. The van der Waals surface area contributed by atoms with Crippen molar-refractivity contribution >= 4 is 11.3 Å². The van der Waals surface area contributed by atoms with E-state index in [9.17, 15) is 9.18 Å². The van der Waals surface area contributed by atoms with Crippen LogP contribution in [0.15, 0.2) is 42.6 Å². The van der Waals surface area contributed by atoms with E-state index < -0.39 is 0 Å². The van der Waals surface area contributed by atoms with Gasteiger partial charge in [0.2, 0.25) is 0 Å². The van der Waals surface area contributed by atoms with E-state index in [0.29, 0.717) is 22.3 Å². The first-order chi connectivity index (χ1) is 9.16. The largest absolute Gasteiger partial charge is 0.294 e. The first-order valence-corrected chi connectivity index (χ1v) is 5.78. The second kappa shape index (κ2) is 4.28. The molecule has 0 bridgehead atoms. The molecule has 0 radical (unpaired) electrons. The van der Waals surface area contributed by atoms with Crippen LogP contribution in [0.25, 0.3) is 16.8 Å². The number of ketones is 1. The molecule has 0 spiro atoms. The number of aromatic nitrogens is 3. The predicted molar refractivity (Wildman–Crippen MR) is 68.4 cm³/mol. The van der Waals surface area contributed by atoms with Crippen LogP contribution in [0, 0.1) is 5.82 Å². The average Bonchev–Trinajstić information content (AvgIpc) is 2.78. The summed E-state index contributed by atoms with van der Waals surface area (Å²) < 4.78 is 14.4. The van der Waals surface area contributed by atoms with E-state index in [1.807, 2.05) is 0 Å². The highest BCUT2D eigenvalue weighted by Gasteiger charge is 2.18. The van der Waals surface area contributed by atoms with Gasteiger partial charge in [-0.25, -0.2) is 4.39 Å². The number of Topliss-reactive ketones (excluding diaryl/α,β-unsaturated/α-hetero) is 1. The van der Waals surface area contributed by atoms with Crippen LogP contribution in [0.2, 0.25) is 0 Å². The van der Waals surface area contributed by atoms with Gasteiger partial charge in [0.05, 0.1) is 11.1 Å². The summed E-state index contributed by atoms with van der Waals surface area (Å²) in [7, 11) is 0. The van der Waals surface area contributed by atoms with Crippen molar-refractivity contribution in [3.63, 3.8) is 0 Å². The third-order valence-electron chi connectivity index (χ3n) is 2.89. The number of hydrogen-bond acceptors (Lipinski definition) is 3. The van der Waals surface area contributed by atoms with Gasteiger partial charge in [0.15, 0.2) is 5.78 Å². The monoisotopic (exact) mass is 255 g/mol. The van der Waals surface area contributed by atoms with E-state index in [2.05, 4.69) is 10.2 Å². The Balaban J connectivity index is 2.31. The Morgan fingerprint density at radius 2 is 1.95 bits per heavy atom. The van der Waals surface area contributed by atoms with Gasteiger partial charge in [-0.15, -0.1) is 5.10 Å². The molecular formula is C14H10FN3O. The van der Waals surface area contributed by atoms with Crippen molar-refractivity contribution in [2.24, 2.45) is 0 Å². The lowest BCUT2D eigenvalue weighted by Gasteiger charge is -1.99. The minimum absolute atomic E-state index is 0.0951. The molecule has 0 saturated carbocycles. The number of carbonyl (C=O) groups is 1. The van der Waals surface area contributed by atoms with Crippen LogP contribution >= 0.6 is 0 Å². The van der Waals surface area contributed by atoms with Gasteiger partial charge in [-0.3, -0.25) is 4.79 Å². The fourth-order valence-corrected chi connectivity index (χ4v) is 2.05. The predicted octanol–water partition coefficient (Wildman–Crippen LogP) is 2.74. The molecule has 4 nitrogen and oxygen atoms in total. The third-order valence-corrected chi connectivity index (χ3v) is 2.89. The van der Waals surface area contributed by atoms with Crippen LogP contribution < -0.4 is 0 Å². The summed E-state index contributed by atoms with van der Waals surface area (Å²) in [6.07, 6.45) is 1.60.